The van der Waals surface area contributed by atoms with Crippen molar-refractivity contribution in [1.29, 1.82) is 0 Å². The molecule has 1 aliphatic carbocycles. The summed E-state index contributed by atoms with van der Waals surface area (Å²) in [5.41, 5.74) is 0. The number of guanidine groups is 1. The molecule has 2 saturated heterocycles. The number of halogens is 1. The highest BCUT2D eigenvalue weighted by Crippen LogP contribution is 2.28. The fourth-order valence-corrected chi connectivity index (χ4v) is 3.45. The zero-order chi connectivity index (χ0) is 16.6. The molecule has 0 radical (unpaired) electrons. The van der Waals surface area contributed by atoms with Crippen molar-refractivity contribution in [2.75, 3.05) is 52.5 Å². The van der Waals surface area contributed by atoms with E-state index in [0.29, 0.717) is 6.04 Å². The molecule has 3 aliphatic rings. The first-order valence-electron chi connectivity index (χ1n) is 9.80. The fourth-order valence-electron chi connectivity index (χ4n) is 3.45. The smallest absolute Gasteiger partial charge is 0.191 e. The lowest BCUT2D eigenvalue weighted by atomic mass is 10.2. The van der Waals surface area contributed by atoms with Crippen molar-refractivity contribution >= 4 is 29.9 Å². The Hall–Kier alpha value is -0.120. The van der Waals surface area contributed by atoms with Gasteiger partial charge in [-0.3, -0.25) is 9.89 Å². The number of morpholine rings is 1. The highest BCUT2D eigenvalue weighted by molar-refractivity contribution is 14.0. The number of aliphatic imine (C=N–C) groups is 1. The van der Waals surface area contributed by atoms with Crippen LogP contribution in [0.15, 0.2) is 4.99 Å². The number of hydrogen-bond donors (Lipinski definition) is 2. The van der Waals surface area contributed by atoms with Crippen molar-refractivity contribution in [2.24, 2.45) is 10.9 Å². The lowest BCUT2D eigenvalue weighted by molar-refractivity contribution is -0.0432. The average Bonchev–Trinajstić information content (AvgIpc) is 3.30. The van der Waals surface area contributed by atoms with E-state index in [-0.39, 0.29) is 30.1 Å². The van der Waals surface area contributed by atoms with Crippen LogP contribution < -0.4 is 10.6 Å². The Morgan fingerprint density at radius 1 is 1.28 bits per heavy atom. The van der Waals surface area contributed by atoms with Gasteiger partial charge in [-0.1, -0.05) is 0 Å². The quantitative estimate of drug-likeness (QED) is 0.235. The molecule has 2 aliphatic heterocycles. The Bertz CT molecular complexity index is 407. The summed E-state index contributed by atoms with van der Waals surface area (Å²) in [5, 5.41) is 6.72. The second kappa shape index (κ2) is 11.6. The molecule has 0 amide bonds. The lowest BCUT2D eigenvalue weighted by Gasteiger charge is -2.34. The highest BCUT2D eigenvalue weighted by Gasteiger charge is 2.31. The lowest BCUT2D eigenvalue weighted by Crippen LogP contribution is -2.47. The molecule has 0 spiro atoms. The Kier molecular flexibility index (Phi) is 9.80. The van der Waals surface area contributed by atoms with E-state index in [0.717, 1.165) is 64.3 Å². The van der Waals surface area contributed by atoms with Gasteiger partial charge >= 0.3 is 0 Å². The van der Waals surface area contributed by atoms with E-state index in [4.69, 9.17) is 14.5 Å². The van der Waals surface area contributed by atoms with E-state index in [9.17, 15) is 0 Å². The molecule has 0 aromatic heterocycles. The van der Waals surface area contributed by atoms with Crippen LogP contribution in [0, 0.1) is 5.92 Å². The van der Waals surface area contributed by atoms with Gasteiger partial charge in [0.05, 0.1) is 19.3 Å². The number of nitrogens with one attached hydrogen (secondary N) is 2. The molecule has 2 heterocycles. The van der Waals surface area contributed by atoms with Crippen molar-refractivity contribution < 1.29 is 9.47 Å². The summed E-state index contributed by atoms with van der Waals surface area (Å²) >= 11 is 0. The first-order chi connectivity index (χ1) is 11.8. The number of ether oxygens (including phenoxy) is 2. The number of nitrogens with zero attached hydrogens (tertiary/aromatic N) is 2. The highest BCUT2D eigenvalue weighted by atomic mass is 127. The molecule has 0 aromatic rings. The van der Waals surface area contributed by atoms with E-state index in [1.165, 1.54) is 32.2 Å². The Morgan fingerprint density at radius 2 is 2.16 bits per heavy atom. The monoisotopic (exact) mass is 466 g/mol. The van der Waals surface area contributed by atoms with Gasteiger partial charge in [0.1, 0.15) is 0 Å². The van der Waals surface area contributed by atoms with Crippen LogP contribution in [0.5, 0.6) is 0 Å². The van der Waals surface area contributed by atoms with E-state index in [1.54, 1.807) is 0 Å². The Balaban J connectivity index is 0.00000225. The van der Waals surface area contributed by atoms with Crippen molar-refractivity contribution in [3.63, 3.8) is 0 Å². The molecule has 2 N–H and O–H groups in total. The molecule has 25 heavy (non-hydrogen) atoms. The molecule has 1 saturated carbocycles. The summed E-state index contributed by atoms with van der Waals surface area (Å²) in [6.07, 6.45) is 6.58. The summed E-state index contributed by atoms with van der Waals surface area (Å²) in [7, 11) is 0. The second-order valence-corrected chi connectivity index (χ2v) is 7.26. The van der Waals surface area contributed by atoms with Gasteiger partial charge in [-0.05, 0) is 51.5 Å². The third kappa shape index (κ3) is 7.56. The predicted octanol–water partition coefficient (Wildman–Crippen LogP) is 1.84. The summed E-state index contributed by atoms with van der Waals surface area (Å²) in [5.74, 6) is 1.74. The predicted molar refractivity (Wildman–Crippen MR) is 112 cm³/mol. The van der Waals surface area contributed by atoms with Crippen LogP contribution in [-0.4, -0.2) is 75.5 Å². The Labute approximate surface area is 169 Å². The normalized spacial score (nSPS) is 26.8. The van der Waals surface area contributed by atoms with Crippen LogP contribution in [0.3, 0.4) is 0 Å². The second-order valence-electron chi connectivity index (χ2n) is 7.26. The van der Waals surface area contributed by atoms with Crippen molar-refractivity contribution in [2.45, 2.75) is 51.2 Å². The maximum Gasteiger partial charge on any atom is 0.191 e. The van der Waals surface area contributed by atoms with E-state index in [1.807, 2.05) is 0 Å². The molecular weight excluding hydrogens is 431 g/mol. The topological polar surface area (TPSA) is 58.1 Å². The van der Waals surface area contributed by atoms with Crippen LogP contribution in [-0.2, 0) is 9.47 Å². The van der Waals surface area contributed by atoms with Crippen molar-refractivity contribution in [3.8, 4) is 0 Å². The minimum absolute atomic E-state index is 0. The molecule has 2 unspecified atom stereocenters. The molecule has 0 bridgehead atoms. The first kappa shape index (κ1) is 21.2. The van der Waals surface area contributed by atoms with Gasteiger partial charge in [0.25, 0.3) is 0 Å². The summed E-state index contributed by atoms with van der Waals surface area (Å²) < 4.78 is 11.7. The fraction of sp³-hybridized carbons (Fsp3) is 0.944. The van der Waals surface area contributed by atoms with Crippen molar-refractivity contribution in [1.82, 2.24) is 15.5 Å². The van der Waals surface area contributed by atoms with Crippen LogP contribution in [0.4, 0.5) is 0 Å². The van der Waals surface area contributed by atoms with Crippen LogP contribution in [0.1, 0.15) is 39.0 Å². The average molecular weight is 466 g/mol. The molecule has 3 fully saturated rings. The standard InChI is InChI=1S/C18H34N4O2.HI/c1-2-19-18(20-8-4-10-23-13-15-6-7-15)21-11-17-12-22-9-3-5-16(22)14-24-17;/h15-17H,2-14H2,1H3,(H2,19,20,21);1H. The van der Waals surface area contributed by atoms with Crippen LogP contribution in [0.2, 0.25) is 0 Å². The minimum Gasteiger partial charge on any atom is -0.381 e. The van der Waals surface area contributed by atoms with Crippen LogP contribution in [0.25, 0.3) is 0 Å². The summed E-state index contributed by atoms with van der Waals surface area (Å²) in [6.45, 7) is 9.53. The molecule has 2 atom stereocenters. The van der Waals surface area contributed by atoms with Gasteiger partial charge < -0.3 is 20.1 Å². The largest absolute Gasteiger partial charge is 0.381 e. The zero-order valence-electron chi connectivity index (χ0n) is 15.5. The molecule has 7 heteroatoms. The molecule has 146 valence electrons. The van der Waals surface area contributed by atoms with Gasteiger partial charge in [-0.15, -0.1) is 24.0 Å². The van der Waals surface area contributed by atoms with E-state index >= 15 is 0 Å². The van der Waals surface area contributed by atoms with Gasteiger partial charge in [-0.2, -0.15) is 0 Å². The molecule has 3 rings (SSSR count). The maximum absolute atomic E-state index is 5.98. The van der Waals surface area contributed by atoms with Gasteiger partial charge in [0.15, 0.2) is 5.96 Å². The third-order valence-corrected chi connectivity index (χ3v) is 5.07. The van der Waals surface area contributed by atoms with Gasteiger partial charge in [0.2, 0.25) is 0 Å². The maximum atomic E-state index is 5.98. The summed E-state index contributed by atoms with van der Waals surface area (Å²) in [6, 6.07) is 0.659. The molecular formula is C18H35IN4O2. The first-order valence-corrected chi connectivity index (χ1v) is 9.80. The molecule has 6 nitrogen and oxygen atoms in total. The van der Waals surface area contributed by atoms with Gasteiger partial charge in [-0.25, -0.2) is 0 Å². The minimum atomic E-state index is 0. The van der Waals surface area contributed by atoms with Gasteiger partial charge in [0, 0.05) is 38.9 Å². The van der Waals surface area contributed by atoms with E-state index < -0.39 is 0 Å². The van der Waals surface area contributed by atoms with Crippen molar-refractivity contribution in [3.05, 3.63) is 0 Å². The van der Waals surface area contributed by atoms with E-state index in [2.05, 4.69) is 22.5 Å². The van der Waals surface area contributed by atoms with Crippen LogP contribution >= 0.6 is 24.0 Å². The molecule has 0 aromatic carbocycles. The third-order valence-electron chi connectivity index (χ3n) is 5.07. The number of fused-ring (bicyclic) bond motifs is 1. The number of hydrogen-bond acceptors (Lipinski definition) is 4. The number of rotatable bonds is 9. The Morgan fingerprint density at radius 3 is 2.96 bits per heavy atom. The SMILES string of the molecule is CCNC(=NCC1CN2CCCC2CO1)NCCCOCC1CC1.I. The zero-order valence-corrected chi connectivity index (χ0v) is 17.9. The summed E-state index contributed by atoms with van der Waals surface area (Å²) in [4.78, 5) is 7.28.